The highest BCUT2D eigenvalue weighted by atomic mass is 16.3. The zero-order valence-electron chi connectivity index (χ0n) is 13.9. The van der Waals surface area contributed by atoms with Gasteiger partial charge in [0, 0.05) is 25.0 Å². The van der Waals surface area contributed by atoms with Crippen molar-refractivity contribution in [1.29, 1.82) is 0 Å². The number of aliphatic hydroxyl groups is 1. The van der Waals surface area contributed by atoms with Gasteiger partial charge in [-0.2, -0.15) is 0 Å². The molecular weight excluding hydrogens is 272 g/mol. The maximum absolute atomic E-state index is 10.3. The first-order chi connectivity index (χ1) is 10.4. The van der Waals surface area contributed by atoms with Gasteiger partial charge in [-0.25, -0.2) is 0 Å². The van der Waals surface area contributed by atoms with Crippen LogP contribution < -0.4 is 5.32 Å². The molecule has 0 spiro atoms. The van der Waals surface area contributed by atoms with E-state index in [2.05, 4.69) is 50.1 Å². The third-order valence-electron chi connectivity index (χ3n) is 3.96. The van der Waals surface area contributed by atoms with Crippen LogP contribution in [-0.4, -0.2) is 16.6 Å². The molecule has 2 aromatic rings. The van der Waals surface area contributed by atoms with E-state index in [-0.39, 0.29) is 11.5 Å². The summed E-state index contributed by atoms with van der Waals surface area (Å²) in [5, 5.41) is 13.7. The Labute approximate surface area is 133 Å². The standard InChI is InChI=1S/C19H26N2O/c1-14(16-6-5-11-20-12-16)21-13-18(22)15-7-9-17(10-8-15)19(2,3)4/h5-12,14,18,21-22H,13H2,1-4H3. The van der Waals surface area contributed by atoms with Crippen molar-refractivity contribution in [2.75, 3.05) is 6.54 Å². The molecule has 118 valence electrons. The van der Waals surface area contributed by atoms with Crippen LogP contribution in [0.5, 0.6) is 0 Å². The van der Waals surface area contributed by atoms with Gasteiger partial charge in [0.25, 0.3) is 0 Å². The lowest BCUT2D eigenvalue weighted by atomic mass is 9.86. The van der Waals surface area contributed by atoms with Crippen LogP contribution in [0.15, 0.2) is 48.8 Å². The van der Waals surface area contributed by atoms with Crippen LogP contribution in [0.25, 0.3) is 0 Å². The van der Waals surface area contributed by atoms with E-state index in [4.69, 9.17) is 0 Å². The summed E-state index contributed by atoms with van der Waals surface area (Å²) >= 11 is 0. The maximum Gasteiger partial charge on any atom is 0.0914 e. The first-order valence-electron chi connectivity index (χ1n) is 7.80. The first-order valence-corrected chi connectivity index (χ1v) is 7.80. The molecule has 0 aliphatic rings. The SMILES string of the molecule is CC(NCC(O)c1ccc(C(C)(C)C)cc1)c1cccnc1. The monoisotopic (exact) mass is 298 g/mol. The smallest absolute Gasteiger partial charge is 0.0914 e. The molecule has 3 nitrogen and oxygen atoms in total. The number of pyridine rings is 1. The molecule has 0 amide bonds. The Morgan fingerprint density at radius 3 is 2.32 bits per heavy atom. The predicted molar refractivity (Wildman–Crippen MR) is 90.8 cm³/mol. The Hall–Kier alpha value is -1.71. The molecule has 2 unspecified atom stereocenters. The number of aromatic nitrogens is 1. The molecule has 2 rings (SSSR count). The molecule has 0 radical (unpaired) electrons. The Balaban J connectivity index is 1.93. The maximum atomic E-state index is 10.3. The van der Waals surface area contributed by atoms with E-state index in [1.807, 2.05) is 30.5 Å². The second-order valence-electron chi connectivity index (χ2n) is 6.80. The van der Waals surface area contributed by atoms with Crippen LogP contribution in [-0.2, 0) is 5.41 Å². The molecular formula is C19H26N2O. The van der Waals surface area contributed by atoms with Gasteiger partial charge >= 0.3 is 0 Å². The highest BCUT2D eigenvalue weighted by Crippen LogP contribution is 2.24. The van der Waals surface area contributed by atoms with Crippen molar-refractivity contribution in [1.82, 2.24) is 10.3 Å². The van der Waals surface area contributed by atoms with Gasteiger partial charge in [-0.3, -0.25) is 4.98 Å². The number of benzene rings is 1. The second-order valence-corrected chi connectivity index (χ2v) is 6.80. The quantitative estimate of drug-likeness (QED) is 0.883. The molecule has 1 heterocycles. The van der Waals surface area contributed by atoms with Gasteiger partial charge < -0.3 is 10.4 Å². The lowest BCUT2D eigenvalue weighted by Crippen LogP contribution is -2.24. The van der Waals surface area contributed by atoms with E-state index in [1.54, 1.807) is 6.20 Å². The van der Waals surface area contributed by atoms with E-state index >= 15 is 0 Å². The summed E-state index contributed by atoms with van der Waals surface area (Å²) in [5.74, 6) is 0. The third kappa shape index (κ3) is 4.39. The van der Waals surface area contributed by atoms with Crippen LogP contribution in [0.1, 0.15) is 56.5 Å². The van der Waals surface area contributed by atoms with Crippen molar-refractivity contribution in [3.05, 3.63) is 65.5 Å². The molecule has 3 heteroatoms. The normalized spacial score (nSPS) is 14.6. The molecule has 0 aliphatic heterocycles. The van der Waals surface area contributed by atoms with E-state index < -0.39 is 6.10 Å². The molecule has 0 fully saturated rings. The van der Waals surface area contributed by atoms with Gasteiger partial charge in [-0.1, -0.05) is 51.1 Å². The average Bonchev–Trinajstić information content (AvgIpc) is 2.52. The summed E-state index contributed by atoms with van der Waals surface area (Å²) in [6.45, 7) is 9.16. The Morgan fingerprint density at radius 2 is 1.77 bits per heavy atom. The van der Waals surface area contributed by atoms with Crippen molar-refractivity contribution < 1.29 is 5.11 Å². The minimum absolute atomic E-state index is 0.135. The number of nitrogens with one attached hydrogen (secondary N) is 1. The topological polar surface area (TPSA) is 45.1 Å². The molecule has 0 saturated heterocycles. The second kappa shape index (κ2) is 7.03. The minimum Gasteiger partial charge on any atom is -0.387 e. The zero-order chi connectivity index (χ0) is 16.2. The molecule has 0 saturated carbocycles. The lowest BCUT2D eigenvalue weighted by Gasteiger charge is -2.21. The fourth-order valence-electron chi connectivity index (χ4n) is 2.36. The summed E-state index contributed by atoms with van der Waals surface area (Å²) in [6, 6.07) is 12.4. The van der Waals surface area contributed by atoms with Gasteiger partial charge in [-0.15, -0.1) is 0 Å². The summed E-state index contributed by atoms with van der Waals surface area (Å²) in [6.07, 6.45) is 3.11. The van der Waals surface area contributed by atoms with Gasteiger partial charge in [0.15, 0.2) is 0 Å². The summed E-state index contributed by atoms with van der Waals surface area (Å²) in [4.78, 5) is 4.12. The van der Waals surface area contributed by atoms with E-state index in [1.165, 1.54) is 5.56 Å². The number of hydrogen-bond donors (Lipinski definition) is 2. The Bertz CT molecular complexity index is 573. The molecule has 1 aromatic heterocycles. The van der Waals surface area contributed by atoms with Gasteiger partial charge in [0.1, 0.15) is 0 Å². The van der Waals surface area contributed by atoms with Gasteiger partial charge in [0.2, 0.25) is 0 Å². The van der Waals surface area contributed by atoms with Gasteiger partial charge in [0.05, 0.1) is 6.10 Å². The lowest BCUT2D eigenvalue weighted by molar-refractivity contribution is 0.170. The number of aliphatic hydroxyl groups excluding tert-OH is 1. The summed E-state index contributed by atoms with van der Waals surface area (Å²) in [7, 11) is 0. The summed E-state index contributed by atoms with van der Waals surface area (Å²) in [5.41, 5.74) is 3.48. The largest absolute Gasteiger partial charge is 0.387 e. The van der Waals surface area contributed by atoms with Crippen molar-refractivity contribution in [3.8, 4) is 0 Å². The Morgan fingerprint density at radius 1 is 1.09 bits per heavy atom. The minimum atomic E-state index is -0.506. The van der Waals surface area contributed by atoms with Crippen LogP contribution in [0.2, 0.25) is 0 Å². The van der Waals surface area contributed by atoms with Crippen molar-refractivity contribution in [2.45, 2.75) is 45.3 Å². The van der Waals surface area contributed by atoms with E-state index in [0.29, 0.717) is 6.54 Å². The molecule has 2 atom stereocenters. The van der Waals surface area contributed by atoms with Gasteiger partial charge in [-0.05, 0) is 35.1 Å². The van der Waals surface area contributed by atoms with Crippen molar-refractivity contribution in [3.63, 3.8) is 0 Å². The highest BCUT2D eigenvalue weighted by molar-refractivity contribution is 5.28. The van der Waals surface area contributed by atoms with Crippen molar-refractivity contribution in [2.24, 2.45) is 0 Å². The zero-order valence-corrected chi connectivity index (χ0v) is 13.9. The van der Waals surface area contributed by atoms with Crippen LogP contribution in [0.3, 0.4) is 0 Å². The van der Waals surface area contributed by atoms with Crippen LogP contribution in [0.4, 0.5) is 0 Å². The number of hydrogen-bond acceptors (Lipinski definition) is 3. The van der Waals surface area contributed by atoms with E-state index in [0.717, 1.165) is 11.1 Å². The fourth-order valence-corrected chi connectivity index (χ4v) is 2.36. The molecule has 22 heavy (non-hydrogen) atoms. The highest BCUT2D eigenvalue weighted by Gasteiger charge is 2.15. The number of rotatable bonds is 5. The number of nitrogens with zero attached hydrogens (tertiary/aromatic N) is 1. The Kier molecular flexibility index (Phi) is 5.33. The van der Waals surface area contributed by atoms with Crippen LogP contribution >= 0.6 is 0 Å². The first kappa shape index (κ1) is 16.7. The molecule has 2 N–H and O–H groups in total. The molecule has 1 aromatic carbocycles. The average molecular weight is 298 g/mol. The van der Waals surface area contributed by atoms with Crippen molar-refractivity contribution >= 4 is 0 Å². The van der Waals surface area contributed by atoms with Crippen LogP contribution in [0, 0.1) is 0 Å². The molecule has 0 bridgehead atoms. The predicted octanol–water partition coefficient (Wildman–Crippen LogP) is 3.76. The summed E-state index contributed by atoms with van der Waals surface area (Å²) < 4.78 is 0. The third-order valence-corrected chi connectivity index (χ3v) is 3.96. The van der Waals surface area contributed by atoms with E-state index in [9.17, 15) is 5.11 Å². The fraction of sp³-hybridized carbons (Fsp3) is 0.421. The molecule has 0 aliphatic carbocycles.